The number of nitrogens with zero attached hydrogens (tertiary/aromatic N) is 1. The molecule has 3 atom stereocenters. The monoisotopic (exact) mass is 347 g/mol. The number of likely N-dealkylation sites (tertiary alicyclic amines) is 1. The van der Waals surface area contributed by atoms with E-state index in [0.29, 0.717) is 12.8 Å². The first-order chi connectivity index (χ1) is 12.1. The first kappa shape index (κ1) is 18.8. The Morgan fingerprint density at radius 2 is 1.96 bits per heavy atom. The van der Waals surface area contributed by atoms with Crippen molar-refractivity contribution in [2.24, 2.45) is 5.92 Å². The summed E-state index contributed by atoms with van der Waals surface area (Å²) in [5.74, 6) is 0.899. The molecule has 3 unspecified atom stereocenters. The lowest BCUT2D eigenvalue weighted by Crippen LogP contribution is -2.34. The fourth-order valence-corrected chi connectivity index (χ4v) is 4.18. The third kappa shape index (κ3) is 4.82. The summed E-state index contributed by atoms with van der Waals surface area (Å²) in [5, 5.41) is 19.5. The minimum atomic E-state index is -0.395. The number of aliphatic hydroxyl groups is 2. The third-order valence-corrected chi connectivity index (χ3v) is 6.00. The Hall–Kier alpha value is -0.940. The molecule has 0 amide bonds. The molecule has 4 heteroatoms. The highest BCUT2D eigenvalue weighted by atomic mass is 16.5. The second-order valence-corrected chi connectivity index (χ2v) is 7.87. The van der Waals surface area contributed by atoms with E-state index in [9.17, 15) is 10.2 Å². The molecule has 1 aromatic rings. The minimum Gasteiger partial charge on any atom is -0.394 e. The summed E-state index contributed by atoms with van der Waals surface area (Å²) in [6.07, 6.45) is 4.29. The van der Waals surface area contributed by atoms with Gasteiger partial charge < -0.3 is 14.9 Å². The van der Waals surface area contributed by atoms with E-state index in [1.54, 1.807) is 0 Å². The lowest BCUT2D eigenvalue weighted by Gasteiger charge is -2.34. The molecule has 2 aliphatic heterocycles. The Kier molecular flexibility index (Phi) is 6.50. The number of hydrogen-bond acceptors (Lipinski definition) is 4. The van der Waals surface area contributed by atoms with Gasteiger partial charge in [0, 0.05) is 19.4 Å². The molecule has 2 aliphatic rings. The Morgan fingerprint density at radius 3 is 2.64 bits per heavy atom. The van der Waals surface area contributed by atoms with Crippen molar-refractivity contribution in [3.63, 3.8) is 0 Å². The van der Waals surface area contributed by atoms with Crippen molar-refractivity contribution in [1.82, 2.24) is 4.90 Å². The normalized spacial score (nSPS) is 29.0. The summed E-state index contributed by atoms with van der Waals surface area (Å²) in [6, 6.07) is 6.53. The van der Waals surface area contributed by atoms with Crippen molar-refractivity contribution in [1.29, 1.82) is 0 Å². The van der Waals surface area contributed by atoms with Crippen LogP contribution >= 0.6 is 0 Å². The Bertz CT molecular complexity index is 554. The fourth-order valence-electron chi connectivity index (χ4n) is 4.18. The van der Waals surface area contributed by atoms with Crippen LogP contribution in [0.5, 0.6) is 0 Å². The summed E-state index contributed by atoms with van der Waals surface area (Å²) in [6.45, 7) is 7.81. The molecule has 0 aliphatic carbocycles. The summed E-state index contributed by atoms with van der Waals surface area (Å²) >= 11 is 0. The van der Waals surface area contributed by atoms with E-state index in [-0.39, 0.29) is 18.8 Å². The maximum absolute atomic E-state index is 10.1. The van der Waals surface area contributed by atoms with Crippen LogP contribution in [0.25, 0.3) is 0 Å². The van der Waals surface area contributed by atoms with E-state index in [2.05, 4.69) is 36.9 Å². The molecule has 3 rings (SSSR count). The van der Waals surface area contributed by atoms with Crippen molar-refractivity contribution in [2.45, 2.75) is 70.8 Å². The molecule has 2 fully saturated rings. The SMILES string of the molecule is CCC1CCN(Cc2cc(C3CC(O)CC(CO)O3)ccc2C)CC1. The molecule has 25 heavy (non-hydrogen) atoms. The molecule has 4 nitrogen and oxygen atoms in total. The predicted octanol–water partition coefficient (Wildman–Crippen LogP) is 3.19. The highest BCUT2D eigenvalue weighted by Gasteiger charge is 2.29. The Labute approximate surface area is 151 Å². The van der Waals surface area contributed by atoms with Gasteiger partial charge in [-0.05, 0) is 55.5 Å². The second-order valence-electron chi connectivity index (χ2n) is 7.87. The van der Waals surface area contributed by atoms with Crippen molar-refractivity contribution in [3.05, 3.63) is 34.9 Å². The molecular formula is C21H33NO3. The number of rotatable bonds is 5. The van der Waals surface area contributed by atoms with Gasteiger partial charge >= 0.3 is 0 Å². The zero-order valence-corrected chi connectivity index (χ0v) is 15.7. The number of ether oxygens (including phenoxy) is 1. The fraction of sp³-hybridized carbons (Fsp3) is 0.714. The lowest BCUT2D eigenvalue weighted by molar-refractivity contribution is -0.113. The molecule has 0 radical (unpaired) electrons. The third-order valence-electron chi connectivity index (χ3n) is 6.00. The van der Waals surface area contributed by atoms with Gasteiger partial charge in [0.1, 0.15) is 0 Å². The van der Waals surface area contributed by atoms with Crippen LogP contribution in [0.3, 0.4) is 0 Å². The van der Waals surface area contributed by atoms with Gasteiger partial charge in [0.25, 0.3) is 0 Å². The molecule has 0 saturated carbocycles. The highest BCUT2D eigenvalue weighted by molar-refractivity contribution is 5.32. The molecule has 2 saturated heterocycles. The largest absolute Gasteiger partial charge is 0.394 e. The standard InChI is InChI=1S/C21H33NO3/c1-3-16-6-8-22(9-7-16)13-18-10-17(5-4-15(18)2)21-12-19(24)11-20(14-23)25-21/h4-5,10,16,19-21,23-24H,3,6-9,11-14H2,1-2H3. The van der Waals surface area contributed by atoms with Crippen LogP contribution in [0.1, 0.15) is 61.8 Å². The summed E-state index contributed by atoms with van der Waals surface area (Å²) in [7, 11) is 0. The lowest BCUT2D eigenvalue weighted by atomic mass is 9.92. The van der Waals surface area contributed by atoms with Gasteiger partial charge in [-0.2, -0.15) is 0 Å². The Morgan fingerprint density at radius 1 is 1.20 bits per heavy atom. The van der Waals surface area contributed by atoms with Gasteiger partial charge in [-0.15, -0.1) is 0 Å². The van der Waals surface area contributed by atoms with E-state index in [1.807, 2.05) is 0 Å². The number of hydrogen-bond donors (Lipinski definition) is 2. The van der Waals surface area contributed by atoms with Crippen LogP contribution in [0.15, 0.2) is 18.2 Å². The number of aliphatic hydroxyl groups excluding tert-OH is 2. The van der Waals surface area contributed by atoms with E-state index >= 15 is 0 Å². The van der Waals surface area contributed by atoms with E-state index in [1.165, 1.54) is 43.5 Å². The van der Waals surface area contributed by atoms with Crippen molar-refractivity contribution < 1.29 is 14.9 Å². The molecule has 2 heterocycles. The van der Waals surface area contributed by atoms with Crippen LogP contribution in [-0.4, -0.2) is 47.0 Å². The maximum Gasteiger partial charge on any atom is 0.0854 e. The van der Waals surface area contributed by atoms with Gasteiger partial charge in [-0.1, -0.05) is 31.5 Å². The van der Waals surface area contributed by atoms with Crippen LogP contribution in [0.2, 0.25) is 0 Å². The highest BCUT2D eigenvalue weighted by Crippen LogP contribution is 2.33. The van der Waals surface area contributed by atoms with Crippen molar-refractivity contribution >= 4 is 0 Å². The molecule has 0 bridgehead atoms. The van der Waals surface area contributed by atoms with Crippen LogP contribution < -0.4 is 0 Å². The summed E-state index contributed by atoms with van der Waals surface area (Å²) < 4.78 is 5.98. The van der Waals surface area contributed by atoms with E-state index < -0.39 is 6.10 Å². The zero-order valence-electron chi connectivity index (χ0n) is 15.7. The van der Waals surface area contributed by atoms with E-state index in [0.717, 1.165) is 18.0 Å². The van der Waals surface area contributed by atoms with Gasteiger partial charge in [0.2, 0.25) is 0 Å². The average Bonchev–Trinajstić information content (AvgIpc) is 2.63. The maximum atomic E-state index is 10.1. The molecule has 2 N–H and O–H groups in total. The molecule has 0 aromatic heterocycles. The summed E-state index contributed by atoms with van der Waals surface area (Å²) in [4.78, 5) is 2.56. The molecular weight excluding hydrogens is 314 g/mol. The average molecular weight is 347 g/mol. The number of benzene rings is 1. The van der Waals surface area contributed by atoms with Gasteiger partial charge in [0.15, 0.2) is 0 Å². The summed E-state index contributed by atoms with van der Waals surface area (Å²) in [5.41, 5.74) is 3.80. The van der Waals surface area contributed by atoms with E-state index in [4.69, 9.17) is 4.74 Å². The number of aryl methyl sites for hydroxylation is 1. The van der Waals surface area contributed by atoms with Crippen molar-refractivity contribution in [3.8, 4) is 0 Å². The van der Waals surface area contributed by atoms with Gasteiger partial charge in [-0.25, -0.2) is 0 Å². The minimum absolute atomic E-state index is 0.0291. The topological polar surface area (TPSA) is 52.9 Å². The molecule has 140 valence electrons. The number of piperidine rings is 1. The molecule has 1 aromatic carbocycles. The van der Waals surface area contributed by atoms with Crippen LogP contribution in [-0.2, 0) is 11.3 Å². The van der Waals surface area contributed by atoms with Crippen LogP contribution in [0.4, 0.5) is 0 Å². The first-order valence-electron chi connectivity index (χ1n) is 9.85. The Balaban J connectivity index is 1.68. The quantitative estimate of drug-likeness (QED) is 0.859. The zero-order chi connectivity index (χ0) is 17.8. The van der Waals surface area contributed by atoms with Crippen LogP contribution in [0, 0.1) is 12.8 Å². The second kappa shape index (κ2) is 8.63. The van der Waals surface area contributed by atoms with Crippen molar-refractivity contribution in [2.75, 3.05) is 19.7 Å². The van der Waals surface area contributed by atoms with Gasteiger partial charge in [-0.3, -0.25) is 4.90 Å². The van der Waals surface area contributed by atoms with Gasteiger partial charge in [0.05, 0.1) is 24.9 Å². The smallest absolute Gasteiger partial charge is 0.0854 e. The molecule has 0 spiro atoms. The predicted molar refractivity (Wildman–Crippen MR) is 99.4 cm³/mol. The first-order valence-corrected chi connectivity index (χ1v) is 9.85.